The molecule has 1 unspecified atom stereocenters. The van der Waals surface area contributed by atoms with Crippen LogP contribution in [0.1, 0.15) is 18.9 Å². The molecule has 104 valence electrons. The van der Waals surface area contributed by atoms with Crippen LogP contribution in [0.5, 0.6) is 0 Å². The van der Waals surface area contributed by atoms with E-state index < -0.39 is 6.09 Å². The number of rotatable bonds is 1. The molecule has 1 amide bonds. The number of benzene rings is 1. The summed E-state index contributed by atoms with van der Waals surface area (Å²) < 4.78 is 1.80. The Morgan fingerprint density at radius 1 is 1.45 bits per heavy atom. The van der Waals surface area contributed by atoms with Gasteiger partial charge in [-0.15, -0.1) is 0 Å². The Bertz CT molecular complexity index is 702. The van der Waals surface area contributed by atoms with Crippen molar-refractivity contribution in [2.75, 3.05) is 6.54 Å². The van der Waals surface area contributed by atoms with Crippen molar-refractivity contribution in [3.63, 3.8) is 0 Å². The van der Waals surface area contributed by atoms with Gasteiger partial charge in [0.15, 0.2) is 0 Å². The molecule has 0 radical (unpaired) electrons. The van der Waals surface area contributed by atoms with Crippen LogP contribution in [0.4, 0.5) is 4.79 Å². The molecular formula is C15H17N3O2. The van der Waals surface area contributed by atoms with Crippen molar-refractivity contribution < 1.29 is 9.90 Å². The summed E-state index contributed by atoms with van der Waals surface area (Å²) in [6.07, 6.45) is 3.81. The minimum absolute atomic E-state index is 0.350. The van der Waals surface area contributed by atoms with Gasteiger partial charge in [0.25, 0.3) is 0 Å². The van der Waals surface area contributed by atoms with E-state index in [-0.39, 0.29) is 0 Å². The van der Waals surface area contributed by atoms with Gasteiger partial charge in [0.05, 0.1) is 17.4 Å². The van der Waals surface area contributed by atoms with Crippen LogP contribution in [0.15, 0.2) is 30.5 Å². The average Bonchev–Trinajstić information content (AvgIpc) is 2.81. The summed E-state index contributed by atoms with van der Waals surface area (Å²) in [5, 5.41) is 14.7. The van der Waals surface area contributed by atoms with Gasteiger partial charge in [-0.05, 0) is 18.4 Å². The number of amides is 1. The van der Waals surface area contributed by atoms with Crippen molar-refractivity contribution >= 4 is 22.7 Å². The molecule has 0 aliphatic carbocycles. The number of allylic oxidation sites excluding steroid dienone is 1. The van der Waals surface area contributed by atoms with Gasteiger partial charge < -0.3 is 5.11 Å². The van der Waals surface area contributed by atoms with E-state index >= 15 is 0 Å². The predicted octanol–water partition coefficient (Wildman–Crippen LogP) is 2.93. The molecule has 3 rings (SSSR count). The van der Waals surface area contributed by atoms with Crippen LogP contribution in [0, 0.1) is 5.92 Å². The first-order valence-corrected chi connectivity index (χ1v) is 6.69. The van der Waals surface area contributed by atoms with E-state index in [1.807, 2.05) is 31.3 Å². The summed E-state index contributed by atoms with van der Waals surface area (Å²) in [6, 6.07) is 5.89. The lowest BCUT2D eigenvalue weighted by molar-refractivity contribution is 0.159. The van der Waals surface area contributed by atoms with Crippen molar-refractivity contribution in [2.24, 2.45) is 13.0 Å². The number of carbonyl (C=O) groups is 1. The fourth-order valence-corrected chi connectivity index (χ4v) is 2.74. The Kier molecular flexibility index (Phi) is 2.97. The van der Waals surface area contributed by atoms with Gasteiger partial charge in [-0.1, -0.05) is 25.1 Å². The second-order valence-electron chi connectivity index (χ2n) is 5.33. The lowest BCUT2D eigenvalue weighted by Crippen LogP contribution is -2.34. The van der Waals surface area contributed by atoms with Crippen molar-refractivity contribution in [2.45, 2.75) is 13.3 Å². The third kappa shape index (κ3) is 1.95. The van der Waals surface area contributed by atoms with Crippen molar-refractivity contribution in [3.05, 3.63) is 36.0 Å². The third-order valence-electron chi connectivity index (χ3n) is 3.80. The maximum atomic E-state index is 11.5. The summed E-state index contributed by atoms with van der Waals surface area (Å²) in [5.41, 5.74) is 2.71. The maximum absolute atomic E-state index is 11.5. The number of carboxylic acid groups (broad SMARTS) is 1. The lowest BCUT2D eigenvalue weighted by Gasteiger charge is -2.30. The highest BCUT2D eigenvalue weighted by atomic mass is 16.4. The number of fused-ring (bicyclic) bond motifs is 1. The van der Waals surface area contributed by atoms with Crippen LogP contribution >= 0.6 is 0 Å². The van der Waals surface area contributed by atoms with Gasteiger partial charge in [-0.2, -0.15) is 5.10 Å². The van der Waals surface area contributed by atoms with E-state index in [2.05, 4.69) is 12.0 Å². The molecule has 2 aromatic rings. The van der Waals surface area contributed by atoms with Crippen LogP contribution in [0.3, 0.4) is 0 Å². The zero-order chi connectivity index (χ0) is 14.3. The third-order valence-corrected chi connectivity index (χ3v) is 3.80. The van der Waals surface area contributed by atoms with E-state index in [4.69, 9.17) is 0 Å². The van der Waals surface area contributed by atoms with Gasteiger partial charge in [0.1, 0.15) is 0 Å². The number of aromatic nitrogens is 2. The Morgan fingerprint density at radius 3 is 3.00 bits per heavy atom. The second kappa shape index (κ2) is 4.67. The summed E-state index contributed by atoms with van der Waals surface area (Å²) in [6.45, 7) is 2.60. The standard InChI is InChI=1S/C15H17N3O2/c1-10-6-7-14(18(9-10)15(19)20)11-4-3-5-13-12(11)8-16-17(13)2/h3-5,7-8,10H,6,9H2,1-2H3,(H,19,20). The SMILES string of the molecule is CC1CC=C(c2cccc3c2cnn3C)N(C(=O)O)C1. The van der Waals surface area contributed by atoms with Gasteiger partial charge in [-0.25, -0.2) is 4.79 Å². The minimum atomic E-state index is -0.899. The molecule has 0 saturated heterocycles. The summed E-state index contributed by atoms with van der Waals surface area (Å²) >= 11 is 0. The molecule has 5 heteroatoms. The molecule has 0 fully saturated rings. The quantitative estimate of drug-likeness (QED) is 0.867. The minimum Gasteiger partial charge on any atom is -0.465 e. The lowest BCUT2D eigenvalue weighted by atomic mass is 9.97. The Balaban J connectivity index is 2.16. The summed E-state index contributed by atoms with van der Waals surface area (Å²) in [5.74, 6) is 0.350. The molecule has 2 heterocycles. The zero-order valence-corrected chi connectivity index (χ0v) is 11.6. The predicted molar refractivity (Wildman–Crippen MR) is 77.2 cm³/mol. The molecule has 1 N–H and O–H groups in total. The topological polar surface area (TPSA) is 58.4 Å². The van der Waals surface area contributed by atoms with Crippen LogP contribution < -0.4 is 0 Å². The first-order chi connectivity index (χ1) is 9.58. The van der Waals surface area contributed by atoms with E-state index in [0.717, 1.165) is 28.6 Å². The maximum Gasteiger partial charge on any atom is 0.411 e. The van der Waals surface area contributed by atoms with Crippen LogP contribution in [-0.2, 0) is 7.05 Å². The highest BCUT2D eigenvalue weighted by Crippen LogP contribution is 2.31. The largest absolute Gasteiger partial charge is 0.465 e. The van der Waals surface area contributed by atoms with Crippen molar-refractivity contribution in [3.8, 4) is 0 Å². The molecule has 1 aliphatic rings. The zero-order valence-electron chi connectivity index (χ0n) is 11.6. The first-order valence-electron chi connectivity index (χ1n) is 6.69. The molecule has 0 saturated carbocycles. The van der Waals surface area contributed by atoms with Crippen molar-refractivity contribution in [1.82, 2.24) is 14.7 Å². The summed E-state index contributed by atoms with van der Waals surface area (Å²) in [7, 11) is 1.89. The summed E-state index contributed by atoms with van der Waals surface area (Å²) in [4.78, 5) is 12.9. The number of aryl methyl sites for hydroxylation is 1. The molecule has 0 spiro atoms. The number of nitrogens with zero attached hydrogens (tertiary/aromatic N) is 3. The second-order valence-corrected chi connectivity index (χ2v) is 5.33. The molecule has 1 aromatic carbocycles. The van der Waals surface area contributed by atoms with Gasteiger partial charge in [0.2, 0.25) is 0 Å². The van der Waals surface area contributed by atoms with Crippen LogP contribution in [0.25, 0.3) is 16.6 Å². The van der Waals surface area contributed by atoms with Gasteiger partial charge in [0, 0.05) is 24.5 Å². The van der Waals surface area contributed by atoms with E-state index in [1.165, 1.54) is 4.90 Å². The molecule has 1 aliphatic heterocycles. The highest BCUT2D eigenvalue weighted by Gasteiger charge is 2.25. The van der Waals surface area contributed by atoms with Gasteiger partial charge in [-0.3, -0.25) is 9.58 Å². The van der Waals surface area contributed by atoms with E-state index in [0.29, 0.717) is 12.5 Å². The van der Waals surface area contributed by atoms with Crippen molar-refractivity contribution in [1.29, 1.82) is 0 Å². The molecular weight excluding hydrogens is 254 g/mol. The van der Waals surface area contributed by atoms with E-state index in [9.17, 15) is 9.90 Å². The normalized spacial score (nSPS) is 19.2. The van der Waals surface area contributed by atoms with E-state index in [1.54, 1.807) is 10.9 Å². The highest BCUT2D eigenvalue weighted by molar-refractivity contribution is 5.94. The van der Waals surface area contributed by atoms with Crippen LogP contribution in [-0.4, -0.2) is 32.4 Å². The first kappa shape index (κ1) is 12.7. The Morgan fingerprint density at radius 2 is 2.25 bits per heavy atom. The van der Waals surface area contributed by atoms with Crippen LogP contribution in [0.2, 0.25) is 0 Å². The average molecular weight is 271 g/mol. The number of hydrogen-bond acceptors (Lipinski definition) is 2. The monoisotopic (exact) mass is 271 g/mol. The molecule has 0 bridgehead atoms. The molecule has 1 aromatic heterocycles. The Labute approximate surface area is 117 Å². The smallest absolute Gasteiger partial charge is 0.411 e. The fraction of sp³-hybridized carbons (Fsp3) is 0.333. The molecule has 20 heavy (non-hydrogen) atoms. The van der Waals surface area contributed by atoms with Gasteiger partial charge >= 0.3 is 6.09 Å². The Hall–Kier alpha value is -2.30. The fourth-order valence-electron chi connectivity index (χ4n) is 2.74. The molecule has 5 nitrogen and oxygen atoms in total. The number of hydrogen-bond donors (Lipinski definition) is 1. The molecule has 1 atom stereocenters.